The van der Waals surface area contributed by atoms with E-state index in [0.717, 1.165) is 27.6 Å². The average molecular weight is 254 g/mol. The van der Waals surface area contributed by atoms with E-state index in [1.807, 2.05) is 24.3 Å². The summed E-state index contributed by atoms with van der Waals surface area (Å²) >= 11 is 1.07. The maximum atomic E-state index is 11.1. The number of aliphatic imine (C=N–C) groups is 1. The number of thioether (sulfide) groups is 1. The van der Waals surface area contributed by atoms with E-state index in [0.29, 0.717) is 5.84 Å². The molecule has 3 rings (SSSR count). The second kappa shape index (κ2) is 4.31. The van der Waals surface area contributed by atoms with Crippen LogP contribution in [0.2, 0.25) is 0 Å². The quantitative estimate of drug-likeness (QED) is 0.848. The van der Waals surface area contributed by atoms with Gasteiger partial charge in [-0.3, -0.25) is 4.79 Å². The van der Waals surface area contributed by atoms with Gasteiger partial charge in [-0.25, -0.2) is 0 Å². The van der Waals surface area contributed by atoms with Crippen molar-refractivity contribution in [1.82, 2.24) is 0 Å². The molecule has 0 saturated carbocycles. The number of nitrogens with zero attached hydrogens (tertiary/aromatic N) is 1. The topological polar surface area (TPSA) is 55.4 Å². The van der Waals surface area contributed by atoms with Crippen LogP contribution in [-0.4, -0.2) is 11.1 Å². The predicted octanol–water partition coefficient (Wildman–Crippen LogP) is 3.40. The van der Waals surface area contributed by atoms with Gasteiger partial charge in [-0.05, 0) is 40.2 Å². The lowest BCUT2D eigenvalue weighted by Gasteiger charge is -2.00. The van der Waals surface area contributed by atoms with E-state index in [-0.39, 0.29) is 5.24 Å². The average Bonchev–Trinajstić information content (AvgIpc) is 2.68. The van der Waals surface area contributed by atoms with Crippen LogP contribution in [0.3, 0.4) is 0 Å². The van der Waals surface area contributed by atoms with Crippen molar-refractivity contribution in [1.29, 1.82) is 0 Å². The fourth-order valence-electron chi connectivity index (χ4n) is 1.87. The molecule has 0 radical (unpaired) electrons. The molecule has 18 heavy (non-hydrogen) atoms. The minimum atomic E-state index is -0.250. The fourth-order valence-corrected chi connectivity index (χ4v) is 2.55. The van der Waals surface area contributed by atoms with E-state index in [9.17, 15) is 4.79 Å². The Morgan fingerprint density at radius 3 is 2.61 bits per heavy atom. The first-order valence-electron chi connectivity index (χ1n) is 5.49. The molecule has 0 unspecified atom stereocenters. The van der Waals surface area contributed by atoms with E-state index >= 15 is 0 Å². The normalized spacial score (nSPS) is 17.4. The summed E-state index contributed by atoms with van der Waals surface area (Å²) in [6.45, 7) is 0. The number of amides is 1. The Balaban J connectivity index is 2.03. The first kappa shape index (κ1) is 11.0. The maximum Gasteiger partial charge on any atom is 0.311 e. The minimum absolute atomic E-state index is 0.250. The molecule has 3 nitrogen and oxygen atoms in total. The summed E-state index contributed by atoms with van der Waals surface area (Å²) in [4.78, 5) is 15.5. The van der Waals surface area contributed by atoms with Crippen molar-refractivity contribution >= 4 is 39.7 Å². The number of amidine groups is 1. The SMILES string of the molecule is NC1=NC(=O)S/C1=C\c1ccc2ccccc2c1. The van der Waals surface area contributed by atoms with E-state index < -0.39 is 0 Å². The highest BCUT2D eigenvalue weighted by Gasteiger charge is 2.18. The lowest BCUT2D eigenvalue weighted by molar-refractivity contribution is 0.268. The van der Waals surface area contributed by atoms with E-state index in [1.54, 1.807) is 0 Å². The van der Waals surface area contributed by atoms with Crippen LogP contribution in [-0.2, 0) is 0 Å². The predicted molar refractivity (Wildman–Crippen MR) is 76.5 cm³/mol. The second-order valence-corrected chi connectivity index (χ2v) is 4.97. The van der Waals surface area contributed by atoms with E-state index in [2.05, 4.69) is 29.3 Å². The lowest BCUT2D eigenvalue weighted by Crippen LogP contribution is -2.08. The molecular formula is C14H10N2OS. The Morgan fingerprint density at radius 2 is 1.89 bits per heavy atom. The number of nitrogens with two attached hydrogens (primary N) is 1. The van der Waals surface area contributed by atoms with Gasteiger partial charge in [0.15, 0.2) is 0 Å². The summed E-state index contributed by atoms with van der Waals surface area (Å²) in [5.74, 6) is 0.304. The van der Waals surface area contributed by atoms with Gasteiger partial charge in [0.1, 0.15) is 5.84 Å². The van der Waals surface area contributed by atoms with Crippen LogP contribution >= 0.6 is 11.8 Å². The molecule has 0 aliphatic carbocycles. The molecular weight excluding hydrogens is 244 g/mol. The molecule has 2 aromatic carbocycles. The highest BCUT2D eigenvalue weighted by molar-refractivity contribution is 8.18. The van der Waals surface area contributed by atoms with Crippen LogP contribution in [0.1, 0.15) is 5.56 Å². The number of benzene rings is 2. The Kier molecular flexibility index (Phi) is 2.64. The Bertz CT molecular complexity index is 704. The van der Waals surface area contributed by atoms with Gasteiger partial charge in [-0.2, -0.15) is 4.99 Å². The molecule has 0 aromatic heterocycles. The highest BCUT2D eigenvalue weighted by atomic mass is 32.2. The van der Waals surface area contributed by atoms with E-state index in [1.165, 1.54) is 5.39 Å². The summed E-state index contributed by atoms with van der Waals surface area (Å²) in [6.07, 6.45) is 1.89. The molecule has 88 valence electrons. The molecule has 1 aliphatic rings. The zero-order valence-electron chi connectivity index (χ0n) is 9.46. The lowest BCUT2D eigenvalue weighted by atomic mass is 10.1. The standard InChI is InChI=1S/C14H10N2OS/c15-13-12(18-14(17)16-13)8-9-5-6-10-3-1-2-4-11(10)7-9/h1-8H,(H2,15,16,17)/b12-8-. The molecule has 1 amide bonds. The zero-order chi connectivity index (χ0) is 12.5. The van der Waals surface area contributed by atoms with Crippen LogP contribution < -0.4 is 5.73 Å². The minimum Gasteiger partial charge on any atom is -0.383 e. The molecule has 1 aliphatic heterocycles. The van der Waals surface area contributed by atoms with Crippen LogP contribution in [0.4, 0.5) is 4.79 Å². The summed E-state index contributed by atoms with van der Waals surface area (Å²) in [5, 5.41) is 2.10. The fraction of sp³-hybridized carbons (Fsp3) is 0. The van der Waals surface area contributed by atoms with Crippen molar-refractivity contribution in [3.63, 3.8) is 0 Å². The van der Waals surface area contributed by atoms with Gasteiger partial charge in [-0.15, -0.1) is 0 Å². The molecule has 1 heterocycles. The number of hydrogen-bond acceptors (Lipinski definition) is 3. The van der Waals surface area contributed by atoms with Gasteiger partial charge in [0.2, 0.25) is 0 Å². The second-order valence-electron chi connectivity index (χ2n) is 3.98. The monoisotopic (exact) mass is 254 g/mol. The molecule has 0 spiro atoms. The molecule has 0 fully saturated rings. The van der Waals surface area contributed by atoms with Crippen molar-refractivity contribution in [3.05, 3.63) is 52.9 Å². The van der Waals surface area contributed by atoms with Crippen LogP contribution in [0.15, 0.2) is 52.4 Å². The Hall–Kier alpha value is -2.07. The summed E-state index contributed by atoms with van der Waals surface area (Å²) < 4.78 is 0. The molecule has 0 saturated heterocycles. The molecule has 2 N–H and O–H groups in total. The summed E-state index contributed by atoms with van der Waals surface area (Å²) in [7, 11) is 0. The van der Waals surface area contributed by atoms with Gasteiger partial charge in [0, 0.05) is 0 Å². The first-order chi connectivity index (χ1) is 8.72. The molecule has 0 atom stereocenters. The highest BCUT2D eigenvalue weighted by Crippen LogP contribution is 2.28. The maximum absolute atomic E-state index is 11.1. The smallest absolute Gasteiger partial charge is 0.311 e. The van der Waals surface area contributed by atoms with Crippen molar-refractivity contribution in [2.75, 3.05) is 0 Å². The van der Waals surface area contributed by atoms with Crippen LogP contribution in [0, 0.1) is 0 Å². The van der Waals surface area contributed by atoms with Crippen molar-refractivity contribution in [2.24, 2.45) is 10.7 Å². The number of rotatable bonds is 1. The molecule has 2 aromatic rings. The third kappa shape index (κ3) is 2.02. The Morgan fingerprint density at radius 1 is 1.11 bits per heavy atom. The molecule has 0 bridgehead atoms. The summed E-state index contributed by atoms with van der Waals surface area (Å²) in [6, 6.07) is 14.3. The number of hydrogen-bond donors (Lipinski definition) is 1. The van der Waals surface area contributed by atoms with Gasteiger partial charge in [-0.1, -0.05) is 36.4 Å². The number of carbonyl (C=O) groups is 1. The van der Waals surface area contributed by atoms with Gasteiger partial charge >= 0.3 is 5.24 Å². The number of fused-ring (bicyclic) bond motifs is 1. The van der Waals surface area contributed by atoms with Crippen molar-refractivity contribution < 1.29 is 4.79 Å². The Labute approximate surface area is 108 Å². The number of carbonyl (C=O) groups excluding carboxylic acids is 1. The molecule has 4 heteroatoms. The van der Waals surface area contributed by atoms with Gasteiger partial charge in [0.05, 0.1) is 4.91 Å². The third-order valence-corrected chi connectivity index (χ3v) is 3.55. The summed E-state index contributed by atoms with van der Waals surface area (Å²) in [5.41, 5.74) is 6.69. The van der Waals surface area contributed by atoms with E-state index in [4.69, 9.17) is 5.73 Å². The first-order valence-corrected chi connectivity index (χ1v) is 6.31. The van der Waals surface area contributed by atoms with Crippen LogP contribution in [0.25, 0.3) is 16.8 Å². The van der Waals surface area contributed by atoms with Gasteiger partial charge < -0.3 is 5.73 Å². The zero-order valence-corrected chi connectivity index (χ0v) is 10.3. The third-order valence-electron chi connectivity index (χ3n) is 2.73. The van der Waals surface area contributed by atoms with Crippen LogP contribution in [0.5, 0.6) is 0 Å². The van der Waals surface area contributed by atoms with Gasteiger partial charge in [0.25, 0.3) is 0 Å². The largest absolute Gasteiger partial charge is 0.383 e. The van der Waals surface area contributed by atoms with Crippen molar-refractivity contribution in [3.8, 4) is 0 Å². The van der Waals surface area contributed by atoms with Crippen molar-refractivity contribution in [2.45, 2.75) is 0 Å².